The summed E-state index contributed by atoms with van der Waals surface area (Å²) in [6.45, 7) is 14.3. The minimum absolute atomic E-state index is 0.193. The standard InChI is InChI=1S/C22H35N3O2S/c1-8-9-18-11-10-17(4)14-19(18)24-21(25-23-15-16(2)3)28-13-12-27-20(26)22(5,6)7/h10-11,14-16H,8-9,12-13H2,1-7H3,(H,24,25)/b23-15+. The molecule has 0 bridgehead atoms. The van der Waals surface area contributed by atoms with Crippen LogP contribution >= 0.6 is 11.8 Å². The van der Waals surface area contributed by atoms with Crippen LogP contribution in [0.25, 0.3) is 0 Å². The monoisotopic (exact) mass is 405 g/mol. The highest BCUT2D eigenvalue weighted by atomic mass is 32.2. The van der Waals surface area contributed by atoms with Crippen LogP contribution in [0.15, 0.2) is 28.4 Å². The second kappa shape index (κ2) is 11.9. The van der Waals surface area contributed by atoms with Crippen LogP contribution in [-0.4, -0.2) is 29.7 Å². The summed E-state index contributed by atoms with van der Waals surface area (Å²) in [5.41, 5.74) is 3.02. The lowest BCUT2D eigenvalue weighted by atomic mass is 9.97. The quantitative estimate of drug-likeness (QED) is 0.199. The average Bonchev–Trinajstić information content (AvgIpc) is 2.59. The molecule has 0 saturated carbocycles. The molecule has 1 rings (SSSR count). The summed E-state index contributed by atoms with van der Waals surface area (Å²) in [5.74, 6) is 0.749. The molecule has 0 radical (unpaired) electrons. The normalized spacial score (nSPS) is 12.6. The molecular weight excluding hydrogens is 370 g/mol. The maximum Gasteiger partial charge on any atom is 0.311 e. The molecule has 0 heterocycles. The fourth-order valence-corrected chi connectivity index (χ4v) is 2.85. The number of benzene rings is 1. The zero-order chi connectivity index (χ0) is 21.2. The number of anilines is 1. The maximum absolute atomic E-state index is 11.9. The van der Waals surface area contributed by atoms with Crippen molar-refractivity contribution in [3.05, 3.63) is 29.3 Å². The first-order valence-corrected chi connectivity index (χ1v) is 10.9. The number of hydrogen-bond donors (Lipinski definition) is 1. The number of aryl methyl sites for hydroxylation is 2. The molecule has 0 unspecified atom stereocenters. The highest BCUT2D eigenvalue weighted by Gasteiger charge is 2.22. The van der Waals surface area contributed by atoms with Crippen LogP contribution in [0.3, 0.4) is 0 Å². The Kier molecular flexibility index (Phi) is 10.3. The van der Waals surface area contributed by atoms with Crippen LogP contribution in [0.4, 0.5) is 5.69 Å². The van der Waals surface area contributed by atoms with E-state index in [4.69, 9.17) is 4.74 Å². The van der Waals surface area contributed by atoms with E-state index in [1.165, 1.54) is 22.9 Å². The van der Waals surface area contributed by atoms with Crippen LogP contribution in [-0.2, 0) is 16.0 Å². The van der Waals surface area contributed by atoms with Gasteiger partial charge in [-0.25, -0.2) is 0 Å². The predicted molar refractivity (Wildman–Crippen MR) is 122 cm³/mol. The van der Waals surface area contributed by atoms with E-state index in [9.17, 15) is 4.79 Å². The first-order chi connectivity index (χ1) is 13.1. The SMILES string of the molecule is CCCc1ccc(C)cc1N/C(=N/N=C/C(C)C)SCCOC(=O)C(C)(C)C. The summed E-state index contributed by atoms with van der Waals surface area (Å²) in [4.78, 5) is 11.9. The number of hydrogen-bond acceptors (Lipinski definition) is 5. The summed E-state index contributed by atoms with van der Waals surface area (Å²) in [6, 6.07) is 6.42. The lowest BCUT2D eigenvalue weighted by Gasteiger charge is -2.17. The van der Waals surface area contributed by atoms with Crippen molar-refractivity contribution in [1.29, 1.82) is 0 Å². The number of thioether (sulfide) groups is 1. The third kappa shape index (κ3) is 9.40. The highest BCUT2D eigenvalue weighted by molar-refractivity contribution is 8.14. The molecule has 0 atom stereocenters. The van der Waals surface area contributed by atoms with Gasteiger partial charge in [-0.3, -0.25) is 4.79 Å². The van der Waals surface area contributed by atoms with Gasteiger partial charge in [-0.05, 0) is 57.2 Å². The number of rotatable bonds is 8. The topological polar surface area (TPSA) is 63.1 Å². The molecule has 0 aliphatic rings. The van der Waals surface area contributed by atoms with Gasteiger partial charge in [0.05, 0.1) is 5.41 Å². The van der Waals surface area contributed by atoms with Crippen molar-refractivity contribution in [2.24, 2.45) is 21.5 Å². The summed E-state index contributed by atoms with van der Waals surface area (Å²) in [7, 11) is 0. The van der Waals surface area contributed by atoms with Gasteiger partial charge < -0.3 is 10.1 Å². The molecule has 0 saturated heterocycles. The van der Waals surface area contributed by atoms with Gasteiger partial charge in [-0.15, -0.1) is 5.10 Å². The fourth-order valence-electron chi connectivity index (χ4n) is 2.21. The van der Waals surface area contributed by atoms with E-state index in [-0.39, 0.29) is 5.97 Å². The molecule has 0 spiro atoms. The molecule has 1 aromatic rings. The third-order valence-corrected chi connectivity index (χ3v) is 4.54. The summed E-state index contributed by atoms with van der Waals surface area (Å²) in [6.07, 6.45) is 3.88. The van der Waals surface area contributed by atoms with Crippen LogP contribution in [0.5, 0.6) is 0 Å². The van der Waals surface area contributed by atoms with E-state index in [1.54, 1.807) is 0 Å². The van der Waals surface area contributed by atoms with Crippen molar-refractivity contribution in [2.45, 2.75) is 61.3 Å². The third-order valence-electron chi connectivity index (χ3n) is 3.71. The zero-order valence-electron chi connectivity index (χ0n) is 18.3. The molecule has 0 aliphatic heterocycles. The predicted octanol–water partition coefficient (Wildman–Crippen LogP) is 5.68. The minimum atomic E-state index is -0.488. The van der Waals surface area contributed by atoms with Crippen LogP contribution in [0.1, 0.15) is 59.1 Å². The zero-order valence-corrected chi connectivity index (χ0v) is 19.2. The fraction of sp³-hybridized carbons (Fsp3) is 0.591. The molecule has 1 N–H and O–H groups in total. The molecule has 156 valence electrons. The number of esters is 1. The lowest BCUT2D eigenvalue weighted by molar-refractivity contribution is -0.152. The van der Waals surface area contributed by atoms with Gasteiger partial charge >= 0.3 is 5.97 Å². The second-order valence-electron chi connectivity index (χ2n) is 8.18. The first-order valence-electron chi connectivity index (χ1n) is 9.91. The Bertz CT molecular complexity index is 692. The molecule has 6 heteroatoms. The Morgan fingerprint density at radius 1 is 1.32 bits per heavy atom. The van der Waals surface area contributed by atoms with Crippen molar-refractivity contribution in [1.82, 2.24) is 0 Å². The Morgan fingerprint density at radius 3 is 2.64 bits per heavy atom. The number of amidine groups is 1. The highest BCUT2D eigenvalue weighted by Crippen LogP contribution is 2.22. The molecule has 0 aliphatic carbocycles. The molecule has 28 heavy (non-hydrogen) atoms. The van der Waals surface area contributed by atoms with E-state index in [0.717, 1.165) is 18.5 Å². The van der Waals surface area contributed by atoms with Gasteiger partial charge in [0.2, 0.25) is 0 Å². The van der Waals surface area contributed by atoms with E-state index in [0.29, 0.717) is 23.4 Å². The minimum Gasteiger partial charge on any atom is -0.464 e. The summed E-state index contributed by atoms with van der Waals surface area (Å²) in [5, 5.41) is 12.7. The number of nitrogens with zero attached hydrogens (tertiary/aromatic N) is 2. The summed E-state index contributed by atoms with van der Waals surface area (Å²) < 4.78 is 5.35. The van der Waals surface area contributed by atoms with Gasteiger partial charge in [-0.1, -0.05) is 51.1 Å². The van der Waals surface area contributed by atoms with Crippen LogP contribution in [0, 0.1) is 18.3 Å². The maximum atomic E-state index is 11.9. The Morgan fingerprint density at radius 2 is 2.04 bits per heavy atom. The molecule has 0 amide bonds. The van der Waals surface area contributed by atoms with Crippen molar-refractivity contribution >= 4 is 34.8 Å². The molecular formula is C22H35N3O2S. The van der Waals surface area contributed by atoms with Gasteiger partial charge in [-0.2, -0.15) is 5.10 Å². The van der Waals surface area contributed by atoms with Gasteiger partial charge in [0.1, 0.15) is 6.61 Å². The molecule has 1 aromatic carbocycles. The van der Waals surface area contributed by atoms with Gasteiger partial charge in [0, 0.05) is 17.7 Å². The molecule has 0 fully saturated rings. The van der Waals surface area contributed by atoms with Gasteiger partial charge in [0.25, 0.3) is 0 Å². The van der Waals surface area contributed by atoms with Crippen LogP contribution in [0.2, 0.25) is 0 Å². The van der Waals surface area contributed by atoms with Crippen molar-refractivity contribution < 1.29 is 9.53 Å². The Labute approximate surface area is 174 Å². The second-order valence-corrected chi connectivity index (χ2v) is 9.27. The number of carbonyl (C=O) groups is 1. The van der Waals surface area contributed by atoms with Gasteiger partial charge in [0.15, 0.2) is 5.17 Å². The van der Waals surface area contributed by atoms with Crippen LogP contribution < -0.4 is 5.32 Å². The smallest absolute Gasteiger partial charge is 0.311 e. The lowest BCUT2D eigenvalue weighted by Crippen LogP contribution is -2.24. The number of ether oxygens (including phenoxy) is 1. The van der Waals surface area contributed by atoms with E-state index in [2.05, 4.69) is 61.4 Å². The number of nitrogens with one attached hydrogen (secondary N) is 1. The van der Waals surface area contributed by atoms with Crippen molar-refractivity contribution in [2.75, 3.05) is 17.7 Å². The molecule has 5 nitrogen and oxygen atoms in total. The van der Waals surface area contributed by atoms with E-state index >= 15 is 0 Å². The Balaban J connectivity index is 2.84. The van der Waals surface area contributed by atoms with Crippen molar-refractivity contribution in [3.8, 4) is 0 Å². The molecule has 0 aromatic heterocycles. The first kappa shape index (κ1) is 24.2. The summed E-state index contributed by atoms with van der Waals surface area (Å²) >= 11 is 1.50. The largest absolute Gasteiger partial charge is 0.464 e. The Hall–Kier alpha value is -1.82. The number of carbonyl (C=O) groups excluding carboxylic acids is 1. The average molecular weight is 406 g/mol. The van der Waals surface area contributed by atoms with E-state index in [1.807, 2.05) is 27.0 Å². The van der Waals surface area contributed by atoms with Crippen molar-refractivity contribution in [3.63, 3.8) is 0 Å². The van der Waals surface area contributed by atoms with E-state index < -0.39 is 5.41 Å².